The summed E-state index contributed by atoms with van der Waals surface area (Å²) in [6.45, 7) is 4.26. The molecule has 1 nitrogen and oxygen atoms in total. The molecule has 0 aromatic heterocycles. The van der Waals surface area contributed by atoms with E-state index in [-0.39, 0.29) is 0 Å². The Labute approximate surface area is 107 Å². The van der Waals surface area contributed by atoms with Crippen LogP contribution in [0.4, 0.5) is 0 Å². The number of halogens is 2. The van der Waals surface area contributed by atoms with Gasteiger partial charge in [-0.05, 0) is 49.4 Å². The van der Waals surface area contributed by atoms with E-state index in [9.17, 15) is 0 Å². The number of nitrogens with one attached hydrogen (secondary N) is 1. The first-order valence-electron chi connectivity index (χ1n) is 5.88. The first-order chi connectivity index (χ1) is 7.74. The van der Waals surface area contributed by atoms with Crippen molar-refractivity contribution < 1.29 is 0 Å². The van der Waals surface area contributed by atoms with E-state index in [1.807, 2.05) is 12.1 Å². The summed E-state index contributed by atoms with van der Waals surface area (Å²) in [6, 6.07) is 5.95. The van der Waals surface area contributed by atoms with E-state index in [4.69, 9.17) is 23.2 Å². The van der Waals surface area contributed by atoms with Crippen LogP contribution in [0.3, 0.4) is 0 Å². The molecule has 2 unspecified atom stereocenters. The second kappa shape index (κ2) is 5.39. The fraction of sp³-hybridized carbons (Fsp3) is 0.538. The maximum absolute atomic E-state index is 6.25. The third kappa shape index (κ3) is 2.37. The number of benzene rings is 1. The Bertz CT molecular complexity index is 365. The van der Waals surface area contributed by atoms with Crippen LogP contribution < -0.4 is 5.32 Å². The molecule has 1 aliphatic rings. The standard InChI is InChI=1S/C13H17Cl2N/c1-2-16-8-9-6-7-10(9)11-4-3-5-12(14)13(11)15/h3-5,9-10,16H,2,6-8H2,1H3. The average molecular weight is 258 g/mol. The molecule has 0 aliphatic heterocycles. The van der Waals surface area contributed by atoms with Gasteiger partial charge < -0.3 is 5.32 Å². The Hall–Kier alpha value is -0.240. The van der Waals surface area contributed by atoms with Gasteiger partial charge in [-0.25, -0.2) is 0 Å². The van der Waals surface area contributed by atoms with Gasteiger partial charge in [0.25, 0.3) is 0 Å². The van der Waals surface area contributed by atoms with Crippen LogP contribution in [0.5, 0.6) is 0 Å². The SMILES string of the molecule is CCNCC1CCC1c1cccc(Cl)c1Cl. The number of hydrogen-bond acceptors (Lipinski definition) is 1. The molecule has 0 amide bonds. The maximum Gasteiger partial charge on any atom is 0.0627 e. The van der Waals surface area contributed by atoms with Gasteiger partial charge in [0.1, 0.15) is 0 Å². The summed E-state index contributed by atoms with van der Waals surface area (Å²) >= 11 is 12.3. The summed E-state index contributed by atoms with van der Waals surface area (Å²) in [5.41, 5.74) is 1.23. The average Bonchev–Trinajstić information content (AvgIpc) is 2.24. The van der Waals surface area contributed by atoms with Crippen molar-refractivity contribution in [3.8, 4) is 0 Å². The van der Waals surface area contributed by atoms with Gasteiger partial charge >= 0.3 is 0 Å². The van der Waals surface area contributed by atoms with Crippen LogP contribution in [0, 0.1) is 5.92 Å². The summed E-state index contributed by atoms with van der Waals surface area (Å²) < 4.78 is 0. The molecule has 1 aromatic carbocycles. The molecule has 0 heterocycles. The molecule has 2 rings (SSSR count). The van der Waals surface area contributed by atoms with Gasteiger partial charge in [-0.3, -0.25) is 0 Å². The van der Waals surface area contributed by atoms with E-state index < -0.39 is 0 Å². The highest BCUT2D eigenvalue weighted by Crippen LogP contribution is 2.45. The van der Waals surface area contributed by atoms with Crippen LogP contribution in [0.1, 0.15) is 31.2 Å². The Morgan fingerprint density at radius 3 is 2.75 bits per heavy atom. The van der Waals surface area contributed by atoms with Crippen LogP contribution >= 0.6 is 23.2 Å². The van der Waals surface area contributed by atoms with E-state index in [1.54, 1.807) is 0 Å². The van der Waals surface area contributed by atoms with E-state index >= 15 is 0 Å². The smallest absolute Gasteiger partial charge is 0.0627 e. The van der Waals surface area contributed by atoms with Crippen LogP contribution in [0.2, 0.25) is 10.0 Å². The van der Waals surface area contributed by atoms with Crippen molar-refractivity contribution in [3.05, 3.63) is 33.8 Å². The summed E-state index contributed by atoms with van der Waals surface area (Å²) in [6.07, 6.45) is 2.52. The Balaban J connectivity index is 2.09. The fourth-order valence-corrected chi connectivity index (χ4v) is 2.81. The minimum absolute atomic E-state index is 0.588. The topological polar surface area (TPSA) is 12.0 Å². The lowest BCUT2D eigenvalue weighted by Gasteiger charge is -2.37. The van der Waals surface area contributed by atoms with Crippen molar-refractivity contribution in [3.63, 3.8) is 0 Å². The lowest BCUT2D eigenvalue weighted by atomic mass is 9.70. The van der Waals surface area contributed by atoms with E-state index in [2.05, 4.69) is 18.3 Å². The highest BCUT2D eigenvalue weighted by atomic mass is 35.5. The normalized spacial score (nSPS) is 24.2. The molecule has 1 N–H and O–H groups in total. The third-order valence-corrected chi connectivity index (χ3v) is 4.29. The van der Waals surface area contributed by atoms with Crippen molar-refractivity contribution in [2.75, 3.05) is 13.1 Å². The van der Waals surface area contributed by atoms with E-state index in [1.165, 1.54) is 18.4 Å². The van der Waals surface area contributed by atoms with Gasteiger partial charge in [-0.2, -0.15) is 0 Å². The Morgan fingerprint density at radius 2 is 2.12 bits per heavy atom. The van der Waals surface area contributed by atoms with Gasteiger partial charge in [0.15, 0.2) is 0 Å². The second-order valence-electron chi connectivity index (χ2n) is 4.39. The first kappa shape index (κ1) is 12.2. The lowest BCUT2D eigenvalue weighted by Crippen LogP contribution is -2.33. The minimum atomic E-state index is 0.588. The van der Waals surface area contributed by atoms with E-state index in [0.29, 0.717) is 10.9 Å². The predicted molar refractivity (Wildman–Crippen MR) is 70.5 cm³/mol. The molecule has 1 fully saturated rings. The third-order valence-electron chi connectivity index (χ3n) is 3.45. The van der Waals surface area contributed by atoms with Crippen molar-refractivity contribution in [2.45, 2.75) is 25.7 Å². The summed E-state index contributed by atoms with van der Waals surface area (Å²) in [7, 11) is 0. The number of rotatable bonds is 4. The molecule has 3 heteroatoms. The van der Waals surface area contributed by atoms with Gasteiger partial charge in [0, 0.05) is 0 Å². The van der Waals surface area contributed by atoms with Crippen LogP contribution in [0.15, 0.2) is 18.2 Å². The van der Waals surface area contributed by atoms with Crippen LogP contribution in [-0.2, 0) is 0 Å². The van der Waals surface area contributed by atoms with Crippen molar-refractivity contribution in [1.82, 2.24) is 5.32 Å². The van der Waals surface area contributed by atoms with Crippen LogP contribution in [0.25, 0.3) is 0 Å². The quantitative estimate of drug-likeness (QED) is 0.857. The highest BCUT2D eigenvalue weighted by molar-refractivity contribution is 6.42. The minimum Gasteiger partial charge on any atom is -0.317 e. The van der Waals surface area contributed by atoms with E-state index in [0.717, 1.165) is 24.0 Å². The van der Waals surface area contributed by atoms with Gasteiger partial charge in [0.05, 0.1) is 10.0 Å². The molecule has 1 saturated carbocycles. The summed E-state index contributed by atoms with van der Waals surface area (Å²) in [5.74, 6) is 1.31. The summed E-state index contributed by atoms with van der Waals surface area (Å²) in [4.78, 5) is 0. The molecule has 1 aromatic rings. The molecule has 0 bridgehead atoms. The molecule has 0 spiro atoms. The molecule has 2 atom stereocenters. The zero-order valence-corrected chi connectivity index (χ0v) is 11.0. The molecule has 1 aliphatic carbocycles. The van der Waals surface area contributed by atoms with Crippen LogP contribution in [-0.4, -0.2) is 13.1 Å². The molecule has 16 heavy (non-hydrogen) atoms. The molecule has 0 saturated heterocycles. The lowest BCUT2D eigenvalue weighted by molar-refractivity contribution is 0.247. The first-order valence-corrected chi connectivity index (χ1v) is 6.64. The molecule has 88 valence electrons. The highest BCUT2D eigenvalue weighted by Gasteiger charge is 2.33. The molecule has 0 radical (unpaired) electrons. The van der Waals surface area contributed by atoms with Gasteiger partial charge in [-0.1, -0.05) is 42.3 Å². The Kier molecular flexibility index (Phi) is 4.12. The molecular formula is C13H17Cl2N. The number of hydrogen-bond donors (Lipinski definition) is 1. The zero-order chi connectivity index (χ0) is 11.5. The summed E-state index contributed by atoms with van der Waals surface area (Å²) in [5, 5.41) is 4.83. The fourth-order valence-electron chi connectivity index (χ4n) is 2.36. The predicted octanol–water partition coefficient (Wildman–Crippen LogP) is 4.10. The zero-order valence-electron chi connectivity index (χ0n) is 9.47. The van der Waals surface area contributed by atoms with Crippen molar-refractivity contribution in [2.24, 2.45) is 5.92 Å². The van der Waals surface area contributed by atoms with Crippen molar-refractivity contribution >= 4 is 23.2 Å². The maximum atomic E-state index is 6.25. The largest absolute Gasteiger partial charge is 0.317 e. The monoisotopic (exact) mass is 257 g/mol. The van der Waals surface area contributed by atoms with Crippen molar-refractivity contribution in [1.29, 1.82) is 0 Å². The second-order valence-corrected chi connectivity index (χ2v) is 5.18. The van der Waals surface area contributed by atoms with Gasteiger partial charge in [-0.15, -0.1) is 0 Å². The molecular weight excluding hydrogens is 241 g/mol. The Morgan fingerprint density at radius 1 is 1.31 bits per heavy atom. The van der Waals surface area contributed by atoms with Gasteiger partial charge in [0.2, 0.25) is 0 Å².